The fourth-order valence-corrected chi connectivity index (χ4v) is 3.94. The summed E-state index contributed by atoms with van der Waals surface area (Å²) in [6, 6.07) is 1.56. The first-order chi connectivity index (χ1) is 8.33. The summed E-state index contributed by atoms with van der Waals surface area (Å²) in [5, 5.41) is 3.84. The van der Waals surface area contributed by atoms with Gasteiger partial charge in [0, 0.05) is 44.8 Å². The summed E-state index contributed by atoms with van der Waals surface area (Å²) in [5.74, 6) is 0.962. The van der Waals surface area contributed by atoms with E-state index in [1.807, 2.05) is 0 Å². The first-order valence-corrected chi connectivity index (χ1v) is 7.49. The van der Waals surface area contributed by atoms with E-state index >= 15 is 0 Å². The van der Waals surface area contributed by atoms with Gasteiger partial charge in [-0.05, 0) is 25.8 Å². The Balaban J connectivity index is 1.56. The Morgan fingerprint density at radius 1 is 1.00 bits per heavy atom. The molecular weight excluding hydrogens is 210 g/mol. The Morgan fingerprint density at radius 3 is 2.65 bits per heavy atom. The van der Waals surface area contributed by atoms with E-state index in [0.717, 1.165) is 18.0 Å². The van der Waals surface area contributed by atoms with Crippen LogP contribution in [0.15, 0.2) is 0 Å². The van der Waals surface area contributed by atoms with Gasteiger partial charge in [-0.1, -0.05) is 19.3 Å². The molecule has 2 saturated heterocycles. The van der Waals surface area contributed by atoms with Crippen LogP contribution in [0.3, 0.4) is 0 Å². The summed E-state index contributed by atoms with van der Waals surface area (Å²) in [7, 11) is 2.25. The molecular formula is C14H27N3. The number of likely N-dealkylation sites (N-methyl/N-ethyl adjacent to an activating group) is 1. The van der Waals surface area contributed by atoms with E-state index in [-0.39, 0.29) is 0 Å². The smallest absolute Gasteiger partial charge is 0.0349 e. The number of hydrogen-bond acceptors (Lipinski definition) is 3. The molecule has 3 rings (SSSR count). The molecule has 3 aliphatic rings. The van der Waals surface area contributed by atoms with Crippen molar-refractivity contribution in [2.45, 2.75) is 44.2 Å². The van der Waals surface area contributed by atoms with Crippen LogP contribution >= 0.6 is 0 Å². The van der Waals surface area contributed by atoms with Crippen LogP contribution in [0.5, 0.6) is 0 Å². The lowest BCUT2D eigenvalue weighted by molar-refractivity contribution is 0.0376. The maximum Gasteiger partial charge on any atom is 0.0349 e. The third-order valence-electron chi connectivity index (χ3n) is 5.07. The Morgan fingerprint density at radius 2 is 1.82 bits per heavy atom. The fraction of sp³-hybridized carbons (Fsp3) is 1.00. The first kappa shape index (κ1) is 11.9. The molecule has 0 spiro atoms. The first-order valence-electron chi connectivity index (χ1n) is 7.49. The third kappa shape index (κ3) is 2.67. The minimum Gasteiger partial charge on any atom is -0.311 e. The molecule has 0 aromatic carbocycles. The van der Waals surface area contributed by atoms with Crippen molar-refractivity contribution < 1.29 is 0 Å². The molecule has 98 valence electrons. The van der Waals surface area contributed by atoms with Crippen LogP contribution in [0.4, 0.5) is 0 Å². The van der Waals surface area contributed by atoms with Crippen molar-refractivity contribution in [3.8, 4) is 0 Å². The molecule has 1 aliphatic carbocycles. The van der Waals surface area contributed by atoms with Crippen molar-refractivity contribution in [3.05, 3.63) is 0 Å². The second-order valence-electron chi connectivity index (χ2n) is 6.32. The lowest BCUT2D eigenvalue weighted by atomic mass is 9.82. The number of fused-ring (bicyclic) bond motifs is 1. The zero-order chi connectivity index (χ0) is 11.7. The predicted octanol–water partition coefficient (Wildman–Crippen LogP) is 1.15. The highest BCUT2D eigenvalue weighted by atomic mass is 15.3. The van der Waals surface area contributed by atoms with Gasteiger partial charge in [-0.15, -0.1) is 0 Å². The molecule has 3 heteroatoms. The summed E-state index contributed by atoms with van der Waals surface area (Å²) in [6.07, 6.45) is 7.34. The Bertz CT molecular complexity index is 250. The largest absolute Gasteiger partial charge is 0.311 e. The van der Waals surface area contributed by atoms with Crippen LogP contribution < -0.4 is 5.32 Å². The van der Waals surface area contributed by atoms with E-state index in [9.17, 15) is 0 Å². The maximum absolute atomic E-state index is 3.84. The topological polar surface area (TPSA) is 18.5 Å². The molecule has 17 heavy (non-hydrogen) atoms. The van der Waals surface area contributed by atoms with E-state index in [1.165, 1.54) is 64.8 Å². The number of nitrogens with zero attached hydrogens (tertiary/aromatic N) is 2. The van der Waals surface area contributed by atoms with Crippen LogP contribution in [0.1, 0.15) is 32.1 Å². The lowest BCUT2D eigenvalue weighted by Crippen LogP contribution is -2.64. The van der Waals surface area contributed by atoms with Crippen LogP contribution in [0.2, 0.25) is 0 Å². The van der Waals surface area contributed by atoms with Crippen molar-refractivity contribution in [2.24, 2.45) is 5.92 Å². The van der Waals surface area contributed by atoms with Gasteiger partial charge in [-0.3, -0.25) is 4.90 Å². The van der Waals surface area contributed by atoms with Crippen LogP contribution in [0, 0.1) is 5.92 Å². The zero-order valence-electron chi connectivity index (χ0n) is 11.2. The molecule has 0 aromatic heterocycles. The Labute approximate surface area is 106 Å². The molecule has 0 bridgehead atoms. The van der Waals surface area contributed by atoms with Crippen molar-refractivity contribution in [2.75, 3.05) is 39.8 Å². The standard InChI is InChI=1S/C14H27N3/c1-16-7-8-17-11-14(15-9-13(17)10-16)12-5-3-2-4-6-12/h12-15H,2-11H2,1H3. The van der Waals surface area contributed by atoms with Gasteiger partial charge in [-0.2, -0.15) is 0 Å². The molecule has 0 radical (unpaired) electrons. The second-order valence-corrected chi connectivity index (χ2v) is 6.32. The average molecular weight is 237 g/mol. The van der Waals surface area contributed by atoms with Crippen molar-refractivity contribution in [1.82, 2.24) is 15.1 Å². The minimum absolute atomic E-state index is 0.772. The fourth-order valence-electron chi connectivity index (χ4n) is 3.94. The number of nitrogens with one attached hydrogen (secondary N) is 1. The predicted molar refractivity (Wildman–Crippen MR) is 71.2 cm³/mol. The zero-order valence-corrected chi connectivity index (χ0v) is 11.2. The van der Waals surface area contributed by atoms with E-state index in [0.29, 0.717) is 0 Å². The van der Waals surface area contributed by atoms with Crippen LogP contribution in [-0.4, -0.2) is 61.7 Å². The van der Waals surface area contributed by atoms with Gasteiger partial charge in [0.05, 0.1) is 0 Å². The molecule has 0 aromatic rings. The average Bonchev–Trinajstić information content (AvgIpc) is 2.39. The van der Waals surface area contributed by atoms with Crippen molar-refractivity contribution in [1.29, 1.82) is 0 Å². The number of piperazine rings is 2. The van der Waals surface area contributed by atoms with Crippen LogP contribution in [-0.2, 0) is 0 Å². The summed E-state index contributed by atoms with van der Waals surface area (Å²) >= 11 is 0. The van der Waals surface area contributed by atoms with Gasteiger partial charge >= 0.3 is 0 Å². The SMILES string of the molecule is CN1CCN2CC(C3CCCCC3)NCC2C1. The lowest BCUT2D eigenvalue weighted by Gasteiger charge is -2.48. The van der Waals surface area contributed by atoms with Crippen molar-refractivity contribution in [3.63, 3.8) is 0 Å². The second kappa shape index (κ2) is 5.25. The highest BCUT2D eigenvalue weighted by molar-refractivity contribution is 4.93. The molecule has 1 N–H and O–H groups in total. The van der Waals surface area contributed by atoms with Gasteiger partial charge in [-0.25, -0.2) is 0 Å². The molecule has 2 atom stereocenters. The maximum atomic E-state index is 3.84. The Hall–Kier alpha value is -0.120. The highest BCUT2D eigenvalue weighted by Crippen LogP contribution is 2.28. The van der Waals surface area contributed by atoms with Gasteiger partial charge in [0.2, 0.25) is 0 Å². The minimum atomic E-state index is 0.772. The summed E-state index contributed by atoms with van der Waals surface area (Å²) in [4.78, 5) is 5.22. The van der Waals surface area contributed by atoms with E-state index in [4.69, 9.17) is 0 Å². The molecule has 2 unspecified atom stereocenters. The molecule has 2 aliphatic heterocycles. The summed E-state index contributed by atoms with van der Waals surface area (Å²) in [5.41, 5.74) is 0. The van der Waals surface area contributed by atoms with Gasteiger partial charge in [0.25, 0.3) is 0 Å². The number of hydrogen-bond donors (Lipinski definition) is 1. The summed E-state index contributed by atoms with van der Waals surface area (Å²) < 4.78 is 0. The molecule has 3 fully saturated rings. The van der Waals surface area contributed by atoms with Gasteiger partial charge in [0.1, 0.15) is 0 Å². The third-order valence-corrected chi connectivity index (χ3v) is 5.07. The van der Waals surface area contributed by atoms with Crippen LogP contribution in [0.25, 0.3) is 0 Å². The molecule has 3 nitrogen and oxygen atoms in total. The van der Waals surface area contributed by atoms with Gasteiger partial charge in [0.15, 0.2) is 0 Å². The normalized spacial score (nSPS) is 37.9. The van der Waals surface area contributed by atoms with E-state index in [2.05, 4.69) is 22.2 Å². The highest BCUT2D eigenvalue weighted by Gasteiger charge is 2.34. The van der Waals surface area contributed by atoms with Crippen molar-refractivity contribution >= 4 is 0 Å². The molecule has 2 heterocycles. The molecule has 1 saturated carbocycles. The number of rotatable bonds is 1. The van der Waals surface area contributed by atoms with E-state index < -0.39 is 0 Å². The Kier molecular flexibility index (Phi) is 3.69. The quantitative estimate of drug-likeness (QED) is 0.738. The van der Waals surface area contributed by atoms with Gasteiger partial charge < -0.3 is 10.2 Å². The van der Waals surface area contributed by atoms with E-state index in [1.54, 1.807) is 0 Å². The molecule has 0 amide bonds. The monoisotopic (exact) mass is 237 g/mol. The summed E-state index contributed by atoms with van der Waals surface area (Å²) in [6.45, 7) is 6.32.